The van der Waals surface area contributed by atoms with Crippen molar-refractivity contribution < 1.29 is 9.53 Å². The van der Waals surface area contributed by atoms with Crippen molar-refractivity contribution in [3.05, 3.63) is 35.5 Å². The largest absolute Gasteiger partial charge is 0.465 e. The van der Waals surface area contributed by atoms with Gasteiger partial charge in [-0.05, 0) is 18.2 Å². The van der Waals surface area contributed by atoms with Crippen LogP contribution in [0.1, 0.15) is 15.9 Å². The molecule has 1 heterocycles. The topological polar surface area (TPSA) is 42.1 Å². The highest BCUT2D eigenvalue weighted by Gasteiger charge is 2.08. The van der Waals surface area contributed by atoms with E-state index in [2.05, 4.69) is 15.6 Å². The van der Waals surface area contributed by atoms with E-state index in [1.807, 2.05) is 6.07 Å². The number of esters is 1. The highest BCUT2D eigenvalue weighted by atomic mass is 16.5. The Hall–Kier alpha value is -2.21. The third kappa shape index (κ3) is 1.46. The number of methoxy groups -OCH3 is 1. The average Bonchev–Trinajstić information content (AvgIpc) is 2.69. The van der Waals surface area contributed by atoms with E-state index in [0.29, 0.717) is 5.56 Å². The van der Waals surface area contributed by atoms with Gasteiger partial charge in [0.2, 0.25) is 0 Å². The van der Waals surface area contributed by atoms with Gasteiger partial charge in [0.15, 0.2) is 0 Å². The van der Waals surface area contributed by atoms with Crippen molar-refractivity contribution >= 4 is 16.9 Å². The second-order valence-electron chi connectivity index (χ2n) is 3.10. The summed E-state index contributed by atoms with van der Waals surface area (Å²) in [5.41, 5.74) is 2.16. The molecule has 3 nitrogen and oxygen atoms in total. The molecule has 0 aliphatic heterocycles. The number of carbonyl (C=O) groups is 1. The molecule has 0 radical (unpaired) electrons. The quantitative estimate of drug-likeness (QED) is 0.563. The van der Waals surface area contributed by atoms with Gasteiger partial charge in [-0.3, -0.25) is 0 Å². The molecule has 1 aromatic heterocycles. The van der Waals surface area contributed by atoms with Crippen LogP contribution in [0, 0.1) is 12.3 Å². The first-order valence-electron chi connectivity index (χ1n) is 4.42. The molecule has 0 bridgehead atoms. The number of H-pyrrole nitrogens is 1. The molecule has 0 saturated carbocycles. The number of aromatic nitrogens is 1. The highest BCUT2D eigenvalue weighted by molar-refractivity contribution is 5.96. The number of benzene rings is 1. The van der Waals surface area contributed by atoms with Gasteiger partial charge in [0.25, 0.3) is 0 Å². The lowest BCUT2D eigenvalue weighted by molar-refractivity contribution is 0.0601. The van der Waals surface area contributed by atoms with Crippen LogP contribution in [0.5, 0.6) is 0 Å². The maximum atomic E-state index is 11.3. The fourth-order valence-electron chi connectivity index (χ4n) is 1.48. The van der Waals surface area contributed by atoms with Gasteiger partial charge in [0.05, 0.1) is 12.7 Å². The van der Waals surface area contributed by atoms with Crippen LogP contribution in [0.25, 0.3) is 10.9 Å². The SMILES string of the molecule is C#Cc1c[nH]c2ccc(C(=O)OC)cc12. The van der Waals surface area contributed by atoms with Crippen molar-refractivity contribution in [1.29, 1.82) is 0 Å². The van der Waals surface area contributed by atoms with Crippen LogP contribution >= 0.6 is 0 Å². The van der Waals surface area contributed by atoms with Crippen molar-refractivity contribution in [2.24, 2.45) is 0 Å². The Morgan fingerprint density at radius 1 is 1.53 bits per heavy atom. The predicted molar refractivity (Wildman–Crippen MR) is 57.6 cm³/mol. The molecule has 1 aromatic carbocycles. The lowest BCUT2D eigenvalue weighted by atomic mass is 10.1. The van der Waals surface area contributed by atoms with Crippen LogP contribution in [0.4, 0.5) is 0 Å². The molecule has 0 amide bonds. The normalized spacial score (nSPS) is 9.87. The van der Waals surface area contributed by atoms with E-state index >= 15 is 0 Å². The van der Waals surface area contributed by atoms with Gasteiger partial charge in [-0.1, -0.05) is 5.92 Å². The smallest absolute Gasteiger partial charge is 0.337 e. The molecular weight excluding hydrogens is 190 g/mol. The molecule has 0 spiro atoms. The molecule has 15 heavy (non-hydrogen) atoms. The summed E-state index contributed by atoms with van der Waals surface area (Å²) in [4.78, 5) is 14.3. The van der Waals surface area contributed by atoms with Crippen molar-refractivity contribution in [2.75, 3.05) is 7.11 Å². The van der Waals surface area contributed by atoms with Gasteiger partial charge in [0, 0.05) is 22.7 Å². The number of aromatic amines is 1. The summed E-state index contributed by atoms with van der Waals surface area (Å²) in [6, 6.07) is 5.24. The predicted octanol–water partition coefficient (Wildman–Crippen LogP) is 1.94. The summed E-state index contributed by atoms with van der Waals surface area (Å²) in [5, 5.41) is 0.861. The maximum absolute atomic E-state index is 11.3. The van der Waals surface area contributed by atoms with Gasteiger partial charge in [0.1, 0.15) is 0 Å². The molecule has 2 rings (SSSR count). The average molecular weight is 199 g/mol. The number of terminal acetylenes is 1. The minimum Gasteiger partial charge on any atom is -0.465 e. The van der Waals surface area contributed by atoms with Crippen molar-refractivity contribution in [2.45, 2.75) is 0 Å². The third-order valence-corrected chi connectivity index (χ3v) is 2.26. The molecule has 74 valence electrons. The summed E-state index contributed by atoms with van der Waals surface area (Å²) >= 11 is 0. The minimum atomic E-state index is -0.360. The number of hydrogen-bond acceptors (Lipinski definition) is 2. The van der Waals surface area contributed by atoms with Gasteiger partial charge >= 0.3 is 5.97 Å². The fraction of sp³-hybridized carbons (Fsp3) is 0.0833. The van der Waals surface area contributed by atoms with Crippen LogP contribution in [0.2, 0.25) is 0 Å². The van der Waals surface area contributed by atoms with Crippen molar-refractivity contribution in [3.8, 4) is 12.3 Å². The molecule has 0 aliphatic carbocycles. The van der Waals surface area contributed by atoms with Gasteiger partial charge in [-0.2, -0.15) is 0 Å². The zero-order valence-electron chi connectivity index (χ0n) is 8.20. The fourth-order valence-corrected chi connectivity index (χ4v) is 1.48. The second-order valence-corrected chi connectivity index (χ2v) is 3.10. The number of ether oxygens (including phenoxy) is 1. The summed E-state index contributed by atoms with van der Waals surface area (Å²) in [6.45, 7) is 0. The molecule has 0 aliphatic rings. The van der Waals surface area contributed by atoms with Gasteiger partial charge in [-0.15, -0.1) is 6.42 Å². The Bertz CT molecular complexity index is 560. The summed E-state index contributed by atoms with van der Waals surface area (Å²) in [7, 11) is 1.35. The molecule has 1 N–H and O–H groups in total. The monoisotopic (exact) mass is 199 g/mol. The molecule has 0 unspecified atom stereocenters. The first-order valence-corrected chi connectivity index (χ1v) is 4.42. The van der Waals surface area contributed by atoms with Gasteiger partial charge < -0.3 is 9.72 Å². The Labute approximate surface area is 87.1 Å². The number of hydrogen-bond donors (Lipinski definition) is 1. The molecule has 0 fully saturated rings. The third-order valence-electron chi connectivity index (χ3n) is 2.26. The Morgan fingerprint density at radius 3 is 3.00 bits per heavy atom. The molecule has 0 atom stereocenters. The first-order chi connectivity index (χ1) is 7.26. The van der Waals surface area contributed by atoms with Crippen LogP contribution in [-0.2, 0) is 4.74 Å². The summed E-state index contributed by atoms with van der Waals surface area (Å²) < 4.78 is 4.63. The van der Waals surface area contributed by atoms with Crippen LogP contribution in [-0.4, -0.2) is 18.1 Å². The minimum absolute atomic E-state index is 0.360. The van der Waals surface area contributed by atoms with Crippen LogP contribution in [0.3, 0.4) is 0 Å². The highest BCUT2D eigenvalue weighted by Crippen LogP contribution is 2.19. The van der Waals surface area contributed by atoms with Crippen LogP contribution in [0.15, 0.2) is 24.4 Å². The number of rotatable bonds is 1. The Kier molecular flexibility index (Phi) is 2.18. The van der Waals surface area contributed by atoms with E-state index in [0.717, 1.165) is 16.5 Å². The Balaban J connectivity index is 2.64. The van der Waals surface area contributed by atoms with Crippen molar-refractivity contribution in [1.82, 2.24) is 4.98 Å². The van der Waals surface area contributed by atoms with E-state index in [1.165, 1.54) is 7.11 Å². The first kappa shape index (κ1) is 9.35. The standard InChI is InChI=1S/C12H9NO2/c1-3-8-7-13-11-5-4-9(6-10(8)11)12(14)15-2/h1,4-7,13H,2H3. The molecule has 2 aromatic rings. The van der Waals surface area contributed by atoms with Gasteiger partial charge in [-0.25, -0.2) is 4.79 Å². The second kappa shape index (κ2) is 3.50. The van der Waals surface area contributed by atoms with E-state index in [4.69, 9.17) is 6.42 Å². The number of fused-ring (bicyclic) bond motifs is 1. The zero-order chi connectivity index (χ0) is 10.8. The van der Waals surface area contributed by atoms with E-state index in [1.54, 1.807) is 18.3 Å². The van der Waals surface area contributed by atoms with Crippen LogP contribution < -0.4 is 0 Å². The lowest BCUT2D eigenvalue weighted by Gasteiger charge is -1.98. The number of carbonyl (C=O) groups excluding carboxylic acids is 1. The van der Waals surface area contributed by atoms with E-state index < -0.39 is 0 Å². The molecule has 3 heteroatoms. The summed E-state index contributed by atoms with van der Waals surface area (Å²) in [6.07, 6.45) is 7.07. The molecular formula is C12H9NO2. The molecule has 0 saturated heterocycles. The maximum Gasteiger partial charge on any atom is 0.337 e. The van der Waals surface area contributed by atoms with Crippen molar-refractivity contribution in [3.63, 3.8) is 0 Å². The Morgan fingerprint density at radius 2 is 2.33 bits per heavy atom. The summed E-state index contributed by atoms with van der Waals surface area (Å²) in [5.74, 6) is 2.19. The number of nitrogens with one attached hydrogen (secondary N) is 1. The van der Waals surface area contributed by atoms with E-state index in [9.17, 15) is 4.79 Å². The lowest BCUT2D eigenvalue weighted by Crippen LogP contribution is -2.00. The van der Waals surface area contributed by atoms with E-state index in [-0.39, 0.29) is 5.97 Å². The zero-order valence-corrected chi connectivity index (χ0v) is 8.20.